The SMILES string of the molecule is O=C1CSC(CCCBr)N1. The summed E-state index contributed by atoms with van der Waals surface area (Å²) in [5.41, 5.74) is 0. The average Bonchev–Trinajstić information content (AvgIpc) is 2.31. The van der Waals surface area contributed by atoms with Crippen molar-refractivity contribution in [3.05, 3.63) is 0 Å². The Morgan fingerprint density at radius 3 is 3.10 bits per heavy atom. The van der Waals surface area contributed by atoms with Crippen LogP contribution in [0.5, 0.6) is 0 Å². The summed E-state index contributed by atoms with van der Waals surface area (Å²) in [6.07, 6.45) is 2.22. The molecular formula is C6H10BrNOS. The van der Waals surface area contributed by atoms with E-state index in [4.69, 9.17) is 0 Å². The Balaban J connectivity index is 2.12. The van der Waals surface area contributed by atoms with E-state index >= 15 is 0 Å². The fourth-order valence-corrected chi connectivity index (χ4v) is 2.16. The lowest BCUT2D eigenvalue weighted by molar-refractivity contribution is -0.118. The van der Waals surface area contributed by atoms with Gasteiger partial charge in [0.05, 0.1) is 11.1 Å². The molecule has 4 heteroatoms. The molecule has 1 amide bonds. The number of hydrogen-bond donors (Lipinski definition) is 1. The lowest BCUT2D eigenvalue weighted by Gasteiger charge is -2.05. The van der Waals surface area contributed by atoms with Crippen molar-refractivity contribution >= 4 is 33.6 Å². The first kappa shape index (κ1) is 8.40. The number of nitrogens with one attached hydrogen (secondary N) is 1. The largest absolute Gasteiger partial charge is 0.344 e. The highest BCUT2D eigenvalue weighted by Gasteiger charge is 2.19. The quantitative estimate of drug-likeness (QED) is 0.733. The van der Waals surface area contributed by atoms with Crippen LogP contribution in [-0.2, 0) is 4.79 Å². The van der Waals surface area contributed by atoms with Gasteiger partial charge in [0.1, 0.15) is 0 Å². The Labute approximate surface area is 73.3 Å². The average molecular weight is 224 g/mol. The molecule has 58 valence electrons. The van der Waals surface area contributed by atoms with Crippen molar-refractivity contribution in [2.24, 2.45) is 0 Å². The van der Waals surface area contributed by atoms with Crippen LogP contribution in [0.3, 0.4) is 0 Å². The van der Waals surface area contributed by atoms with Crippen LogP contribution < -0.4 is 5.32 Å². The summed E-state index contributed by atoms with van der Waals surface area (Å²) >= 11 is 5.06. The van der Waals surface area contributed by atoms with Crippen LogP contribution in [0.1, 0.15) is 12.8 Å². The van der Waals surface area contributed by atoms with Crippen molar-refractivity contribution < 1.29 is 4.79 Å². The Morgan fingerprint density at radius 2 is 2.60 bits per heavy atom. The summed E-state index contributed by atoms with van der Waals surface area (Å²) in [6.45, 7) is 0. The fourth-order valence-electron chi connectivity index (χ4n) is 0.857. The van der Waals surface area contributed by atoms with Gasteiger partial charge in [0, 0.05) is 5.33 Å². The Kier molecular flexibility index (Phi) is 3.56. The second-order valence-electron chi connectivity index (χ2n) is 2.20. The van der Waals surface area contributed by atoms with Crippen molar-refractivity contribution in [2.75, 3.05) is 11.1 Å². The predicted molar refractivity (Wildman–Crippen MR) is 47.4 cm³/mol. The maximum Gasteiger partial charge on any atom is 0.230 e. The van der Waals surface area contributed by atoms with E-state index in [1.54, 1.807) is 11.8 Å². The minimum atomic E-state index is 0.185. The predicted octanol–water partition coefficient (Wildman–Crippen LogP) is 1.35. The van der Waals surface area contributed by atoms with E-state index in [1.807, 2.05) is 0 Å². The van der Waals surface area contributed by atoms with Gasteiger partial charge in [0.25, 0.3) is 0 Å². The molecule has 10 heavy (non-hydrogen) atoms. The first-order valence-corrected chi connectivity index (χ1v) is 5.47. The van der Waals surface area contributed by atoms with Crippen molar-refractivity contribution in [1.29, 1.82) is 0 Å². The highest BCUT2D eigenvalue weighted by Crippen LogP contribution is 2.19. The maximum absolute atomic E-state index is 10.7. The zero-order valence-corrected chi connectivity index (χ0v) is 8.00. The molecule has 1 aliphatic heterocycles. The number of hydrogen-bond acceptors (Lipinski definition) is 2. The molecule has 0 aliphatic carbocycles. The summed E-state index contributed by atoms with van der Waals surface area (Å²) < 4.78 is 0. The van der Waals surface area contributed by atoms with Gasteiger partial charge in [-0.3, -0.25) is 4.79 Å². The van der Waals surface area contributed by atoms with E-state index in [0.717, 1.165) is 18.2 Å². The number of rotatable bonds is 3. The third-order valence-corrected chi connectivity index (χ3v) is 3.08. The number of thioether (sulfide) groups is 1. The molecule has 0 saturated carbocycles. The van der Waals surface area contributed by atoms with Crippen molar-refractivity contribution in [2.45, 2.75) is 18.2 Å². The van der Waals surface area contributed by atoms with Gasteiger partial charge in [-0.15, -0.1) is 11.8 Å². The van der Waals surface area contributed by atoms with Crippen LogP contribution in [-0.4, -0.2) is 22.4 Å². The highest BCUT2D eigenvalue weighted by atomic mass is 79.9. The molecule has 1 atom stereocenters. The van der Waals surface area contributed by atoms with Gasteiger partial charge in [0.2, 0.25) is 5.91 Å². The number of carbonyl (C=O) groups is 1. The maximum atomic E-state index is 10.7. The second kappa shape index (κ2) is 4.23. The first-order valence-electron chi connectivity index (χ1n) is 3.30. The summed E-state index contributed by atoms with van der Waals surface area (Å²) in [5.74, 6) is 0.831. The van der Waals surface area contributed by atoms with Gasteiger partial charge in [0.15, 0.2) is 0 Å². The van der Waals surface area contributed by atoms with Gasteiger partial charge in [-0.25, -0.2) is 0 Å². The van der Waals surface area contributed by atoms with Gasteiger partial charge < -0.3 is 5.32 Å². The van der Waals surface area contributed by atoms with Crippen LogP contribution in [0.25, 0.3) is 0 Å². The Bertz CT molecular complexity index is 131. The van der Waals surface area contributed by atoms with E-state index in [0.29, 0.717) is 11.1 Å². The Morgan fingerprint density at radius 1 is 1.80 bits per heavy atom. The minimum absolute atomic E-state index is 0.185. The summed E-state index contributed by atoms with van der Waals surface area (Å²) in [4.78, 5) is 10.7. The molecule has 1 fully saturated rings. The molecule has 2 nitrogen and oxygen atoms in total. The van der Waals surface area contributed by atoms with Crippen LogP contribution in [0.2, 0.25) is 0 Å². The normalized spacial score (nSPS) is 24.9. The molecule has 0 radical (unpaired) electrons. The molecule has 1 heterocycles. The smallest absolute Gasteiger partial charge is 0.230 e. The Hall–Kier alpha value is 0.300. The van der Waals surface area contributed by atoms with E-state index in [-0.39, 0.29) is 5.91 Å². The van der Waals surface area contributed by atoms with E-state index < -0.39 is 0 Å². The molecule has 1 rings (SSSR count). The van der Waals surface area contributed by atoms with Gasteiger partial charge in [-0.2, -0.15) is 0 Å². The summed E-state index contributed by atoms with van der Waals surface area (Å²) in [6, 6.07) is 0. The van der Waals surface area contributed by atoms with Crippen molar-refractivity contribution in [1.82, 2.24) is 5.32 Å². The topological polar surface area (TPSA) is 29.1 Å². The van der Waals surface area contributed by atoms with E-state index in [1.165, 1.54) is 0 Å². The van der Waals surface area contributed by atoms with Crippen LogP contribution in [0, 0.1) is 0 Å². The molecule has 1 N–H and O–H groups in total. The van der Waals surface area contributed by atoms with Crippen molar-refractivity contribution in [3.8, 4) is 0 Å². The summed E-state index contributed by atoms with van der Waals surface area (Å²) in [5, 5.41) is 4.30. The lowest BCUT2D eigenvalue weighted by atomic mass is 10.3. The van der Waals surface area contributed by atoms with Crippen LogP contribution >= 0.6 is 27.7 Å². The fraction of sp³-hybridized carbons (Fsp3) is 0.833. The number of alkyl halides is 1. The van der Waals surface area contributed by atoms with Crippen LogP contribution in [0.4, 0.5) is 0 Å². The standard InChI is InChI=1S/C6H10BrNOS/c7-3-1-2-6-8-5(9)4-10-6/h6H,1-4H2,(H,8,9). The number of carbonyl (C=O) groups excluding carboxylic acids is 1. The van der Waals surface area contributed by atoms with Crippen molar-refractivity contribution in [3.63, 3.8) is 0 Å². The number of amides is 1. The highest BCUT2D eigenvalue weighted by molar-refractivity contribution is 9.09. The first-order chi connectivity index (χ1) is 4.83. The third kappa shape index (κ3) is 2.50. The molecule has 1 aliphatic rings. The van der Waals surface area contributed by atoms with Gasteiger partial charge >= 0.3 is 0 Å². The molecule has 1 unspecified atom stereocenters. The molecule has 0 aromatic rings. The lowest BCUT2D eigenvalue weighted by Crippen LogP contribution is -2.24. The van der Waals surface area contributed by atoms with Gasteiger partial charge in [-0.05, 0) is 12.8 Å². The van der Waals surface area contributed by atoms with E-state index in [2.05, 4.69) is 21.2 Å². The zero-order valence-electron chi connectivity index (χ0n) is 5.60. The molecular weight excluding hydrogens is 214 g/mol. The molecule has 0 aromatic carbocycles. The molecule has 0 bridgehead atoms. The van der Waals surface area contributed by atoms with Crippen LogP contribution in [0.15, 0.2) is 0 Å². The van der Waals surface area contributed by atoms with E-state index in [9.17, 15) is 4.79 Å². The van der Waals surface area contributed by atoms with Gasteiger partial charge in [-0.1, -0.05) is 15.9 Å². The summed E-state index contributed by atoms with van der Waals surface area (Å²) in [7, 11) is 0. The second-order valence-corrected chi connectivity index (χ2v) is 4.18. The zero-order chi connectivity index (χ0) is 7.40. The molecule has 0 aromatic heterocycles. The molecule has 1 saturated heterocycles. The monoisotopic (exact) mass is 223 g/mol. The number of halogens is 1. The third-order valence-electron chi connectivity index (χ3n) is 1.34. The minimum Gasteiger partial charge on any atom is -0.344 e. The molecule has 0 spiro atoms.